The summed E-state index contributed by atoms with van der Waals surface area (Å²) in [5.41, 5.74) is 1.87. The molecular formula is C16H21FN2. The first kappa shape index (κ1) is 12.6. The lowest BCUT2D eigenvalue weighted by atomic mass is 9.80. The van der Waals surface area contributed by atoms with Gasteiger partial charge in [-0.25, -0.2) is 4.39 Å². The van der Waals surface area contributed by atoms with Gasteiger partial charge in [0.2, 0.25) is 0 Å². The lowest BCUT2D eigenvalue weighted by Crippen LogP contribution is -2.34. The summed E-state index contributed by atoms with van der Waals surface area (Å²) in [4.78, 5) is 2.12. The van der Waals surface area contributed by atoms with Crippen molar-refractivity contribution < 1.29 is 4.39 Å². The van der Waals surface area contributed by atoms with Gasteiger partial charge in [-0.1, -0.05) is 32.3 Å². The van der Waals surface area contributed by atoms with Crippen LogP contribution in [0.5, 0.6) is 0 Å². The summed E-state index contributed by atoms with van der Waals surface area (Å²) in [5.74, 6) is 1.71. The molecule has 0 radical (unpaired) electrons. The number of hydrogen-bond donors (Lipinski definition) is 1. The van der Waals surface area contributed by atoms with Crippen molar-refractivity contribution in [2.75, 3.05) is 6.54 Å². The average Bonchev–Trinajstić information content (AvgIpc) is 2.70. The molecule has 1 aromatic carbocycles. The number of benzene rings is 1. The molecule has 0 spiro atoms. The van der Waals surface area contributed by atoms with Gasteiger partial charge in [-0.3, -0.25) is 5.41 Å². The zero-order valence-corrected chi connectivity index (χ0v) is 11.5. The van der Waals surface area contributed by atoms with Crippen LogP contribution in [-0.2, 0) is 6.54 Å². The molecule has 1 N–H and O–H groups in total. The predicted octanol–water partition coefficient (Wildman–Crippen LogP) is 3.79. The molecule has 3 heteroatoms. The van der Waals surface area contributed by atoms with E-state index in [1.165, 1.54) is 37.8 Å². The Bertz CT molecular complexity index is 498. The standard InChI is InChI=1S/C16H21FN2/c1-11-4-2-3-5-12(11)9-19-10-13-6-7-14(17)8-15(13)16(19)18/h6-8,11-12,18H,2-5,9-10H2,1H3. The molecule has 3 rings (SSSR count). The van der Waals surface area contributed by atoms with Gasteiger partial charge in [0, 0.05) is 18.7 Å². The average molecular weight is 260 g/mol. The Morgan fingerprint density at radius 3 is 2.89 bits per heavy atom. The van der Waals surface area contributed by atoms with Crippen molar-refractivity contribution in [3.63, 3.8) is 0 Å². The molecule has 1 aliphatic carbocycles. The van der Waals surface area contributed by atoms with Crippen LogP contribution in [-0.4, -0.2) is 17.3 Å². The van der Waals surface area contributed by atoms with Crippen LogP contribution in [0.15, 0.2) is 18.2 Å². The Balaban J connectivity index is 1.73. The number of rotatable bonds is 2. The highest BCUT2D eigenvalue weighted by molar-refractivity contribution is 6.00. The molecule has 0 bridgehead atoms. The first-order chi connectivity index (χ1) is 9.15. The molecule has 1 fully saturated rings. The normalized spacial score (nSPS) is 26.6. The van der Waals surface area contributed by atoms with Gasteiger partial charge in [-0.15, -0.1) is 0 Å². The fourth-order valence-corrected chi connectivity index (χ4v) is 3.47. The van der Waals surface area contributed by atoms with E-state index in [-0.39, 0.29) is 5.82 Å². The van der Waals surface area contributed by atoms with Gasteiger partial charge >= 0.3 is 0 Å². The molecule has 1 saturated carbocycles. The van der Waals surface area contributed by atoms with E-state index >= 15 is 0 Å². The topological polar surface area (TPSA) is 27.1 Å². The van der Waals surface area contributed by atoms with E-state index in [2.05, 4.69) is 11.8 Å². The minimum Gasteiger partial charge on any atom is -0.352 e. The molecule has 102 valence electrons. The van der Waals surface area contributed by atoms with Crippen LogP contribution in [0.4, 0.5) is 4.39 Å². The number of hydrogen-bond acceptors (Lipinski definition) is 1. The fraction of sp³-hybridized carbons (Fsp3) is 0.562. The Labute approximate surface area is 114 Å². The first-order valence-corrected chi connectivity index (χ1v) is 7.27. The maximum atomic E-state index is 13.3. The number of fused-ring (bicyclic) bond motifs is 1. The third-order valence-electron chi connectivity index (χ3n) is 4.75. The summed E-state index contributed by atoms with van der Waals surface area (Å²) in [6.45, 7) is 4.06. The lowest BCUT2D eigenvalue weighted by Gasteiger charge is -2.32. The van der Waals surface area contributed by atoms with Crippen molar-refractivity contribution in [2.24, 2.45) is 11.8 Å². The van der Waals surface area contributed by atoms with Gasteiger partial charge in [0.1, 0.15) is 11.7 Å². The van der Waals surface area contributed by atoms with Crippen LogP contribution in [0.2, 0.25) is 0 Å². The lowest BCUT2D eigenvalue weighted by molar-refractivity contribution is 0.206. The third kappa shape index (κ3) is 2.38. The number of amidine groups is 1. The summed E-state index contributed by atoms with van der Waals surface area (Å²) in [6.07, 6.45) is 5.25. The second-order valence-electron chi connectivity index (χ2n) is 6.05. The fourth-order valence-electron chi connectivity index (χ4n) is 3.47. The van der Waals surface area contributed by atoms with E-state index in [0.29, 0.717) is 11.8 Å². The summed E-state index contributed by atoms with van der Waals surface area (Å²) in [6, 6.07) is 4.82. The van der Waals surface area contributed by atoms with Gasteiger partial charge in [0.05, 0.1) is 0 Å². The van der Waals surface area contributed by atoms with Crippen LogP contribution in [0.1, 0.15) is 43.7 Å². The van der Waals surface area contributed by atoms with E-state index in [9.17, 15) is 4.39 Å². The molecule has 1 heterocycles. The van der Waals surface area contributed by atoms with Crippen molar-refractivity contribution >= 4 is 5.84 Å². The minimum atomic E-state index is -0.239. The first-order valence-electron chi connectivity index (χ1n) is 7.27. The second kappa shape index (κ2) is 4.95. The Morgan fingerprint density at radius 1 is 1.32 bits per heavy atom. The van der Waals surface area contributed by atoms with Crippen LogP contribution in [0.3, 0.4) is 0 Å². The largest absolute Gasteiger partial charge is 0.352 e. The van der Waals surface area contributed by atoms with E-state index in [1.807, 2.05) is 6.07 Å². The third-order valence-corrected chi connectivity index (χ3v) is 4.75. The molecule has 19 heavy (non-hydrogen) atoms. The molecule has 2 unspecified atom stereocenters. The summed E-state index contributed by atoms with van der Waals surface area (Å²) in [7, 11) is 0. The Morgan fingerprint density at radius 2 is 2.11 bits per heavy atom. The van der Waals surface area contributed by atoms with E-state index < -0.39 is 0 Å². The SMILES string of the molecule is CC1CCCCC1CN1Cc2ccc(F)cc2C1=N. The van der Waals surface area contributed by atoms with Crippen LogP contribution in [0, 0.1) is 23.1 Å². The molecule has 0 aromatic heterocycles. The molecule has 0 amide bonds. The van der Waals surface area contributed by atoms with Gasteiger partial charge in [-0.2, -0.15) is 0 Å². The quantitative estimate of drug-likeness (QED) is 0.860. The molecule has 2 atom stereocenters. The highest BCUT2D eigenvalue weighted by atomic mass is 19.1. The van der Waals surface area contributed by atoms with Gasteiger partial charge < -0.3 is 4.90 Å². The van der Waals surface area contributed by atoms with Crippen molar-refractivity contribution in [1.82, 2.24) is 4.90 Å². The Kier molecular flexibility index (Phi) is 3.29. The van der Waals surface area contributed by atoms with Crippen LogP contribution in [0.25, 0.3) is 0 Å². The molecule has 1 aromatic rings. The monoisotopic (exact) mass is 260 g/mol. The number of nitrogens with zero attached hydrogens (tertiary/aromatic N) is 1. The highest BCUT2D eigenvalue weighted by Gasteiger charge is 2.29. The van der Waals surface area contributed by atoms with Gasteiger partial charge in [0.25, 0.3) is 0 Å². The maximum Gasteiger partial charge on any atom is 0.128 e. The second-order valence-corrected chi connectivity index (χ2v) is 6.05. The van der Waals surface area contributed by atoms with Gasteiger partial charge in [0.15, 0.2) is 0 Å². The maximum absolute atomic E-state index is 13.3. The molecule has 2 aliphatic rings. The van der Waals surface area contributed by atoms with Crippen molar-refractivity contribution in [2.45, 2.75) is 39.2 Å². The van der Waals surface area contributed by atoms with Crippen molar-refractivity contribution in [1.29, 1.82) is 5.41 Å². The minimum absolute atomic E-state index is 0.239. The summed E-state index contributed by atoms with van der Waals surface area (Å²) < 4.78 is 13.3. The number of nitrogens with one attached hydrogen (secondary N) is 1. The zero-order chi connectivity index (χ0) is 13.4. The van der Waals surface area contributed by atoms with E-state index in [1.54, 1.807) is 0 Å². The molecule has 1 aliphatic heterocycles. The smallest absolute Gasteiger partial charge is 0.128 e. The van der Waals surface area contributed by atoms with E-state index in [0.717, 1.165) is 30.1 Å². The zero-order valence-electron chi connectivity index (χ0n) is 11.5. The summed E-state index contributed by atoms with van der Waals surface area (Å²) >= 11 is 0. The summed E-state index contributed by atoms with van der Waals surface area (Å²) in [5, 5.41) is 8.23. The van der Waals surface area contributed by atoms with Gasteiger partial charge in [-0.05, 0) is 36.0 Å². The van der Waals surface area contributed by atoms with Crippen molar-refractivity contribution in [3.8, 4) is 0 Å². The number of halogens is 1. The predicted molar refractivity (Wildman–Crippen MR) is 74.8 cm³/mol. The Hall–Kier alpha value is -1.38. The molecule has 0 saturated heterocycles. The van der Waals surface area contributed by atoms with Crippen molar-refractivity contribution in [3.05, 3.63) is 35.1 Å². The molecular weight excluding hydrogens is 239 g/mol. The van der Waals surface area contributed by atoms with Crippen LogP contribution >= 0.6 is 0 Å². The highest BCUT2D eigenvalue weighted by Crippen LogP contribution is 2.32. The van der Waals surface area contributed by atoms with E-state index in [4.69, 9.17) is 5.41 Å². The molecule has 2 nitrogen and oxygen atoms in total. The van der Waals surface area contributed by atoms with Crippen LogP contribution < -0.4 is 0 Å².